The highest BCUT2D eigenvalue weighted by Crippen LogP contribution is 2.28. The summed E-state index contributed by atoms with van der Waals surface area (Å²) in [5, 5.41) is 9.39. The van der Waals surface area contributed by atoms with E-state index in [0.29, 0.717) is 0 Å². The Morgan fingerprint density at radius 1 is 0.800 bits per heavy atom. The molecule has 0 fully saturated rings. The molecule has 0 saturated carbocycles. The number of hydrogen-bond acceptors (Lipinski definition) is 1. The number of anilines is 2. The van der Waals surface area contributed by atoms with Crippen LogP contribution in [0.1, 0.15) is 24.0 Å². The van der Waals surface area contributed by atoms with E-state index in [0.717, 1.165) is 18.1 Å². The van der Waals surface area contributed by atoms with Crippen molar-refractivity contribution in [1.29, 1.82) is 0 Å². The van der Waals surface area contributed by atoms with Crippen molar-refractivity contribution in [2.45, 2.75) is 25.7 Å². The lowest BCUT2D eigenvalue weighted by Crippen LogP contribution is -2.23. The third-order valence-corrected chi connectivity index (χ3v) is 4.92. The van der Waals surface area contributed by atoms with Gasteiger partial charge in [-0.1, -0.05) is 48.5 Å². The molecule has 3 nitrogen and oxygen atoms in total. The van der Waals surface area contributed by atoms with Crippen LogP contribution in [-0.2, 0) is 12.8 Å². The average molecular weight is 329 g/mol. The van der Waals surface area contributed by atoms with Crippen molar-refractivity contribution in [2.24, 2.45) is 4.99 Å². The molecule has 4 rings (SSSR count). The summed E-state index contributed by atoms with van der Waals surface area (Å²) >= 11 is 0. The van der Waals surface area contributed by atoms with Crippen LogP contribution >= 0.6 is 0 Å². The van der Waals surface area contributed by atoms with Gasteiger partial charge in [-0.05, 0) is 54.3 Å². The summed E-state index contributed by atoms with van der Waals surface area (Å²) in [7, 11) is 1.82. The molecule has 0 saturated heterocycles. The Labute approximate surface area is 148 Å². The van der Waals surface area contributed by atoms with E-state index in [-0.39, 0.29) is 0 Å². The number of guanidine groups is 1. The van der Waals surface area contributed by atoms with Crippen molar-refractivity contribution in [2.75, 3.05) is 17.7 Å². The van der Waals surface area contributed by atoms with Gasteiger partial charge in [0.25, 0.3) is 0 Å². The summed E-state index contributed by atoms with van der Waals surface area (Å²) in [4.78, 5) is 4.43. The maximum Gasteiger partial charge on any atom is 0.200 e. The van der Waals surface area contributed by atoms with Crippen LogP contribution in [0.25, 0.3) is 10.8 Å². The van der Waals surface area contributed by atoms with E-state index >= 15 is 0 Å². The second-order valence-corrected chi connectivity index (χ2v) is 6.50. The first kappa shape index (κ1) is 15.7. The van der Waals surface area contributed by atoms with E-state index in [2.05, 4.69) is 76.3 Å². The number of aryl methyl sites for hydroxylation is 1. The zero-order chi connectivity index (χ0) is 17.1. The van der Waals surface area contributed by atoms with E-state index in [4.69, 9.17) is 0 Å². The van der Waals surface area contributed by atoms with Gasteiger partial charge in [0.05, 0.1) is 0 Å². The van der Waals surface area contributed by atoms with E-state index in [9.17, 15) is 0 Å². The van der Waals surface area contributed by atoms with Gasteiger partial charge < -0.3 is 10.6 Å². The second kappa shape index (κ2) is 6.98. The number of nitrogens with one attached hydrogen (secondary N) is 2. The standard InChI is InChI=1S/C22H23N3/c1-23-22(24-20-14-6-10-16-8-2-4-12-18(16)20)25-21-15-7-11-17-9-3-5-13-19(17)21/h2,4,6-8,10-12,14-15H,3,5,9,13H2,1H3,(H2,23,24,25). The zero-order valence-corrected chi connectivity index (χ0v) is 14.5. The lowest BCUT2D eigenvalue weighted by Gasteiger charge is -2.21. The predicted octanol–water partition coefficient (Wildman–Crippen LogP) is 5.23. The lowest BCUT2D eigenvalue weighted by atomic mass is 9.90. The quantitative estimate of drug-likeness (QED) is 0.499. The van der Waals surface area contributed by atoms with Gasteiger partial charge in [-0.3, -0.25) is 4.99 Å². The molecule has 1 aliphatic rings. The number of fused-ring (bicyclic) bond motifs is 2. The fourth-order valence-corrected chi connectivity index (χ4v) is 3.63. The fourth-order valence-electron chi connectivity index (χ4n) is 3.63. The molecule has 0 atom stereocenters. The normalized spacial score (nSPS) is 14.2. The predicted molar refractivity (Wildman–Crippen MR) is 108 cm³/mol. The van der Waals surface area contributed by atoms with E-state index in [1.165, 1.54) is 46.8 Å². The molecule has 0 heterocycles. The molecule has 3 aromatic carbocycles. The summed E-state index contributed by atoms with van der Waals surface area (Å²) in [5.41, 5.74) is 5.15. The maximum atomic E-state index is 4.43. The van der Waals surface area contributed by atoms with Crippen LogP contribution in [0, 0.1) is 0 Å². The van der Waals surface area contributed by atoms with Crippen LogP contribution in [0.15, 0.2) is 65.7 Å². The van der Waals surface area contributed by atoms with E-state index in [1.54, 1.807) is 0 Å². The van der Waals surface area contributed by atoms with Crippen molar-refractivity contribution < 1.29 is 0 Å². The number of benzene rings is 3. The summed E-state index contributed by atoms with van der Waals surface area (Å²) in [6.07, 6.45) is 4.88. The smallest absolute Gasteiger partial charge is 0.200 e. The van der Waals surface area contributed by atoms with Crippen molar-refractivity contribution in [3.05, 3.63) is 71.8 Å². The molecule has 0 bridgehead atoms. The SMILES string of the molecule is CN=C(Nc1cccc2c1CCCC2)Nc1cccc2ccccc12. The Morgan fingerprint density at radius 3 is 2.44 bits per heavy atom. The largest absolute Gasteiger partial charge is 0.326 e. The molecular weight excluding hydrogens is 306 g/mol. The molecule has 0 aromatic heterocycles. The van der Waals surface area contributed by atoms with Crippen LogP contribution in [0.4, 0.5) is 11.4 Å². The molecular formula is C22H23N3. The molecule has 2 N–H and O–H groups in total. The van der Waals surface area contributed by atoms with Crippen LogP contribution in [-0.4, -0.2) is 13.0 Å². The van der Waals surface area contributed by atoms with Crippen LogP contribution in [0.3, 0.4) is 0 Å². The van der Waals surface area contributed by atoms with Gasteiger partial charge in [0.2, 0.25) is 0 Å². The first-order valence-corrected chi connectivity index (χ1v) is 8.94. The molecule has 1 aliphatic carbocycles. The van der Waals surface area contributed by atoms with E-state index in [1.807, 2.05) is 7.05 Å². The Balaban J connectivity index is 1.62. The minimum Gasteiger partial charge on any atom is -0.326 e. The van der Waals surface area contributed by atoms with Crippen LogP contribution in [0.5, 0.6) is 0 Å². The Morgan fingerprint density at radius 2 is 1.52 bits per heavy atom. The average Bonchev–Trinajstić information content (AvgIpc) is 2.68. The van der Waals surface area contributed by atoms with Gasteiger partial charge in [-0.15, -0.1) is 0 Å². The van der Waals surface area contributed by atoms with Gasteiger partial charge in [-0.2, -0.15) is 0 Å². The molecule has 0 amide bonds. The highest BCUT2D eigenvalue weighted by Gasteiger charge is 2.14. The van der Waals surface area contributed by atoms with Gasteiger partial charge in [-0.25, -0.2) is 0 Å². The first-order chi connectivity index (χ1) is 12.3. The first-order valence-electron chi connectivity index (χ1n) is 8.94. The highest BCUT2D eigenvalue weighted by atomic mass is 15.2. The summed E-state index contributed by atoms with van der Waals surface area (Å²) in [6.45, 7) is 0. The van der Waals surface area contributed by atoms with Gasteiger partial charge >= 0.3 is 0 Å². The van der Waals surface area contributed by atoms with Gasteiger partial charge in [0.1, 0.15) is 0 Å². The summed E-state index contributed by atoms with van der Waals surface area (Å²) in [6, 6.07) is 21.2. The van der Waals surface area contributed by atoms with Crippen LogP contribution < -0.4 is 10.6 Å². The minimum atomic E-state index is 0.773. The second-order valence-electron chi connectivity index (χ2n) is 6.50. The lowest BCUT2D eigenvalue weighted by molar-refractivity contribution is 0.687. The van der Waals surface area contributed by atoms with Gasteiger partial charge in [0, 0.05) is 23.8 Å². The monoisotopic (exact) mass is 329 g/mol. The van der Waals surface area contributed by atoms with Crippen molar-refractivity contribution in [3.8, 4) is 0 Å². The zero-order valence-electron chi connectivity index (χ0n) is 14.5. The topological polar surface area (TPSA) is 36.4 Å². The molecule has 0 spiro atoms. The highest BCUT2D eigenvalue weighted by molar-refractivity contribution is 6.08. The number of rotatable bonds is 2. The molecule has 0 unspecified atom stereocenters. The number of hydrogen-bond donors (Lipinski definition) is 2. The molecule has 3 heteroatoms. The van der Waals surface area contributed by atoms with Crippen molar-refractivity contribution in [1.82, 2.24) is 0 Å². The molecule has 126 valence electrons. The van der Waals surface area contributed by atoms with Gasteiger partial charge in [0.15, 0.2) is 5.96 Å². The van der Waals surface area contributed by atoms with Crippen LogP contribution in [0.2, 0.25) is 0 Å². The molecule has 3 aromatic rings. The fraction of sp³-hybridized carbons (Fsp3) is 0.227. The van der Waals surface area contributed by atoms with Crippen molar-refractivity contribution in [3.63, 3.8) is 0 Å². The Bertz CT molecular complexity index is 922. The van der Waals surface area contributed by atoms with E-state index < -0.39 is 0 Å². The molecule has 0 aliphatic heterocycles. The third-order valence-electron chi connectivity index (χ3n) is 4.92. The summed E-state index contributed by atoms with van der Waals surface area (Å²) < 4.78 is 0. The number of aliphatic imine (C=N–C) groups is 1. The maximum absolute atomic E-state index is 4.43. The third kappa shape index (κ3) is 3.22. The van der Waals surface area contributed by atoms with Crippen molar-refractivity contribution >= 4 is 28.1 Å². The Hall–Kier alpha value is -2.81. The molecule has 0 radical (unpaired) electrons. The minimum absolute atomic E-state index is 0.773. The molecule has 25 heavy (non-hydrogen) atoms. The summed E-state index contributed by atoms with van der Waals surface area (Å²) in [5.74, 6) is 0.773. The Kier molecular flexibility index (Phi) is 4.38. The number of nitrogens with zero attached hydrogens (tertiary/aromatic N) is 1.